The summed E-state index contributed by atoms with van der Waals surface area (Å²) >= 11 is 0. The molecule has 32 heteroatoms. The summed E-state index contributed by atoms with van der Waals surface area (Å²) in [6, 6.07) is 13.8. The number of carbonyl (C=O) groups is 6. The molecular weight excluding hydrogens is 1350 g/mol. The Morgan fingerprint density at radius 1 is 0.696 bits per heavy atom. The zero-order chi connectivity index (χ0) is 74.3. The van der Waals surface area contributed by atoms with E-state index in [1.165, 1.54) is 84.3 Å². The highest BCUT2D eigenvalue weighted by atomic mass is 32.3. The number of benzene rings is 4. The molecule has 0 bridgehead atoms. The number of anilines is 1. The fourth-order valence-corrected chi connectivity index (χ4v) is 13.7. The van der Waals surface area contributed by atoms with E-state index in [2.05, 4.69) is 29.8 Å². The lowest BCUT2D eigenvalue weighted by Crippen LogP contribution is -2.60. The van der Waals surface area contributed by atoms with Crippen molar-refractivity contribution in [2.75, 3.05) is 84.9 Å². The number of H-pyrrole nitrogens is 1. The number of aliphatic hydroxyl groups is 7. The van der Waals surface area contributed by atoms with Gasteiger partial charge in [0, 0.05) is 95.9 Å². The maximum absolute atomic E-state index is 14.8. The Hall–Kier alpha value is -8.35. The number of allylic oxidation sites excluding steroid dienone is 1. The van der Waals surface area contributed by atoms with Crippen molar-refractivity contribution in [3.05, 3.63) is 107 Å². The van der Waals surface area contributed by atoms with Gasteiger partial charge < -0.3 is 97.5 Å². The number of hydrazine groups is 2. The third-order valence-corrected chi connectivity index (χ3v) is 18.6. The predicted octanol–water partition coefficient (Wildman–Crippen LogP) is 2.69. The van der Waals surface area contributed by atoms with Crippen LogP contribution in [0.1, 0.15) is 106 Å². The van der Waals surface area contributed by atoms with Crippen LogP contribution in [0.3, 0.4) is 0 Å². The van der Waals surface area contributed by atoms with Crippen LogP contribution >= 0.6 is 0 Å². The van der Waals surface area contributed by atoms with Crippen molar-refractivity contribution in [2.45, 2.75) is 130 Å². The monoisotopic (exact) mass is 1440 g/mol. The van der Waals surface area contributed by atoms with Gasteiger partial charge in [-0.1, -0.05) is 55.4 Å². The number of hydrogen-bond donors (Lipinski definition) is 10. The van der Waals surface area contributed by atoms with Gasteiger partial charge in [-0.25, -0.2) is 0 Å². The number of nitrogens with one attached hydrogen (secondary N) is 3. The van der Waals surface area contributed by atoms with Crippen LogP contribution in [0, 0.1) is 21.7 Å². The van der Waals surface area contributed by atoms with Gasteiger partial charge in [-0.05, 0) is 90.7 Å². The van der Waals surface area contributed by atoms with E-state index >= 15 is 0 Å². The molecule has 9 atom stereocenters. The summed E-state index contributed by atoms with van der Waals surface area (Å²) in [6.07, 6.45) is -10.3. The maximum Gasteiger partial charge on any atom is 0.501 e. The molecule has 6 heterocycles. The lowest BCUT2D eigenvalue weighted by Gasteiger charge is -2.39. The third kappa shape index (κ3) is 17.1. The number of carbonyl (C=O) groups excluding carboxylic acids is 6. The molecule has 31 nitrogen and oxygen atoms in total. The molecule has 4 amide bonds. The van der Waals surface area contributed by atoms with E-state index in [9.17, 15) is 72.9 Å². The molecule has 5 aliphatic heterocycles. The van der Waals surface area contributed by atoms with E-state index in [0.29, 0.717) is 54.9 Å². The van der Waals surface area contributed by atoms with Crippen LogP contribution in [0.15, 0.2) is 84.7 Å². The highest BCUT2D eigenvalue weighted by Gasteiger charge is 2.47. The number of aliphatic hydroxyl groups excluding tert-OH is 7. The Bertz CT molecular complexity index is 4190. The van der Waals surface area contributed by atoms with Crippen molar-refractivity contribution in [3.63, 3.8) is 0 Å². The molecule has 102 heavy (non-hydrogen) atoms. The molecule has 2 fully saturated rings. The fraction of sp³-hybridized carbons (Fsp3) is 0.514. The number of fused-ring (bicyclic) bond motifs is 4. The number of ether oxygens (including phenoxy) is 7. The first-order chi connectivity index (χ1) is 47.9. The van der Waals surface area contributed by atoms with Crippen LogP contribution < -0.4 is 38.4 Å². The van der Waals surface area contributed by atoms with Gasteiger partial charge >= 0.3 is 10.4 Å². The predicted molar refractivity (Wildman–Crippen MR) is 364 cm³/mol. The minimum atomic E-state index is -5.38. The minimum Gasteiger partial charge on any atom is -0.497 e. The molecule has 554 valence electrons. The second kappa shape index (κ2) is 30.2. The third-order valence-electron chi connectivity index (χ3n) is 17.9. The van der Waals surface area contributed by atoms with Gasteiger partial charge in [0.25, 0.3) is 29.9 Å². The van der Waals surface area contributed by atoms with Gasteiger partial charge in [0.15, 0.2) is 23.0 Å². The number of imide groups is 1. The number of amides is 4. The van der Waals surface area contributed by atoms with Gasteiger partial charge in [0.05, 0.1) is 63.5 Å². The summed E-state index contributed by atoms with van der Waals surface area (Å²) in [5.41, 5.74) is 6.26. The molecular formula is C70H89N7O24S. The molecule has 0 saturated carbocycles. The van der Waals surface area contributed by atoms with Crippen molar-refractivity contribution < 1.29 is 114 Å². The molecule has 1 aromatic heterocycles. The van der Waals surface area contributed by atoms with Gasteiger partial charge in [-0.15, -0.1) is 14.0 Å². The topological polar surface area (TPSA) is 414 Å². The molecule has 0 unspecified atom stereocenters. The number of methoxy groups -OCH3 is 1. The number of Topliss-reactive ketones (excluding diaryl/α,β-unsaturated/α-hetero) is 2. The van der Waals surface area contributed by atoms with Crippen molar-refractivity contribution >= 4 is 73.0 Å². The second-order valence-electron chi connectivity index (χ2n) is 29.4. The summed E-state index contributed by atoms with van der Waals surface area (Å²) in [5.74, 6) is -5.03. The van der Waals surface area contributed by atoms with Gasteiger partial charge in [-0.2, -0.15) is 0 Å². The van der Waals surface area contributed by atoms with Crippen LogP contribution in [0.5, 0.6) is 28.7 Å². The smallest absolute Gasteiger partial charge is 0.497 e. The molecule has 5 aromatic rings. The molecule has 2 saturated heterocycles. The minimum absolute atomic E-state index is 0.0317. The SMILES string of the molecule is COc1ccc2c(OS(=O)(=O)Oc3cc(C(=O)N(C)CC(C)(C)COCC(C)(C)CN4C=C(CC(C)(C)COCC(C)(C)CN5C(=O)C=CC5=O)NN4)ccc3O[C@@H]3O[C@H](CO)[C@H](O)[C@H](O)C3=O)cc3c(c2c1)CCN3C(=O)c1cc2ccc(O[C@@H]3O[C@H](CO)[C@H](O)[C@H](O)[C@H]3O)c(C(C)=O)c2[nH]1. The summed E-state index contributed by atoms with van der Waals surface area (Å²) in [6.45, 7) is 17.8. The quantitative estimate of drug-likeness (QED) is 0.0233. The number of hydrogen-bond acceptors (Lipinski definition) is 27. The van der Waals surface area contributed by atoms with E-state index in [1.807, 2.05) is 52.8 Å². The van der Waals surface area contributed by atoms with Gasteiger partial charge in [0.2, 0.25) is 12.1 Å². The maximum atomic E-state index is 14.8. The van der Waals surface area contributed by atoms with Crippen molar-refractivity contribution in [1.29, 1.82) is 0 Å². The second-order valence-corrected chi connectivity index (χ2v) is 30.6. The Morgan fingerprint density at radius 3 is 2.00 bits per heavy atom. The Balaban J connectivity index is 0.831. The summed E-state index contributed by atoms with van der Waals surface area (Å²) in [5, 5.41) is 75.2. The lowest BCUT2D eigenvalue weighted by molar-refractivity contribution is -0.277. The Morgan fingerprint density at radius 2 is 1.33 bits per heavy atom. The number of rotatable bonds is 30. The van der Waals surface area contributed by atoms with Crippen molar-refractivity contribution in [1.82, 2.24) is 30.8 Å². The van der Waals surface area contributed by atoms with Crippen LogP contribution in [0.4, 0.5) is 5.69 Å². The van der Waals surface area contributed by atoms with E-state index in [1.54, 1.807) is 12.1 Å². The van der Waals surface area contributed by atoms with Crippen LogP contribution in [0.25, 0.3) is 21.7 Å². The van der Waals surface area contributed by atoms with Crippen molar-refractivity contribution in [2.24, 2.45) is 21.7 Å². The summed E-state index contributed by atoms with van der Waals surface area (Å²) in [4.78, 5) is 87.2. The van der Waals surface area contributed by atoms with Gasteiger partial charge in [-0.3, -0.25) is 38.7 Å². The first-order valence-electron chi connectivity index (χ1n) is 33.0. The summed E-state index contributed by atoms with van der Waals surface area (Å²) < 4.78 is 81.4. The average molecular weight is 1440 g/mol. The molecule has 0 aliphatic carbocycles. The molecule has 10 N–H and O–H groups in total. The fourth-order valence-electron chi connectivity index (χ4n) is 13.0. The summed E-state index contributed by atoms with van der Waals surface area (Å²) in [7, 11) is -2.42. The van der Waals surface area contributed by atoms with Crippen LogP contribution in [-0.2, 0) is 50.2 Å². The van der Waals surface area contributed by atoms with Crippen LogP contribution in [-0.4, -0.2) is 234 Å². The average Bonchev–Trinajstić information content (AvgIpc) is 1.51. The molecule has 0 spiro atoms. The Labute approximate surface area is 588 Å². The van der Waals surface area contributed by atoms with E-state index < -0.39 is 130 Å². The highest BCUT2D eigenvalue weighted by molar-refractivity contribution is 7.82. The standard InChI is InChI=1S/C70H89N7O24S/c1-37(80)55-48(97-66-62(88)60(86)58(84)52(29-79)99-66)17-12-38-22-45(71-56(38)55)64(90)76-21-20-42-44-24-41(93-11)14-15-43(44)49(25-46(42)76)100-102(91,92)101-50-23-39(13-16-47(50)96-65-61(87)59(85)57(83)51(28-78)98-65)63(89)74(10)30-68(4,5)34-95-35-69(6,7)31-75-27-40(72-73-75)26-67(2,3)33-94-36-70(8,9)32-77-53(81)18-19-54(77)82/h12-19,22-25,27,51-52,57-60,62,65-66,71-73,78-79,83-86,88H,20-21,26,28-36H2,1-11H3/t51-,52-,57+,58+,59+,60+,62-,65-,66-/m1/s1. The molecule has 0 radical (unpaired) electrons. The molecule has 4 aromatic carbocycles. The van der Waals surface area contributed by atoms with Crippen LogP contribution in [0.2, 0.25) is 0 Å². The Kier molecular flexibility index (Phi) is 22.6. The zero-order valence-electron chi connectivity index (χ0n) is 58.5. The van der Waals surface area contributed by atoms with Crippen molar-refractivity contribution in [3.8, 4) is 28.7 Å². The first kappa shape index (κ1) is 76.3. The normalized spacial score (nSPS) is 22.7. The largest absolute Gasteiger partial charge is 0.501 e. The number of ketones is 2. The number of aromatic amines is 1. The number of aromatic nitrogens is 1. The number of nitrogens with zero attached hydrogens (tertiary/aromatic N) is 4. The van der Waals surface area contributed by atoms with E-state index in [-0.39, 0.29) is 94.8 Å². The lowest BCUT2D eigenvalue weighted by atomic mass is 9.88. The van der Waals surface area contributed by atoms with E-state index in [0.717, 1.165) is 17.8 Å². The van der Waals surface area contributed by atoms with Gasteiger partial charge in [0.1, 0.15) is 59.9 Å². The first-order valence-corrected chi connectivity index (χ1v) is 34.4. The zero-order valence-corrected chi connectivity index (χ0v) is 59.3. The van der Waals surface area contributed by atoms with E-state index in [4.69, 9.17) is 41.5 Å². The highest BCUT2D eigenvalue weighted by Crippen LogP contribution is 2.44. The molecule has 5 aliphatic rings. The molecule has 10 rings (SSSR count).